The van der Waals surface area contributed by atoms with E-state index < -0.39 is 11.7 Å². The van der Waals surface area contributed by atoms with Crippen LogP contribution in [-0.2, 0) is 19.0 Å². The highest BCUT2D eigenvalue weighted by Gasteiger charge is 2.33. The van der Waals surface area contributed by atoms with Gasteiger partial charge in [0.25, 0.3) is 0 Å². The molecule has 0 amide bonds. The monoisotopic (exact) mass is 470 g/mol. The molecule has 4 aliphatic rings. The second-order valence-electron chi connectivity index (χ2n) is 9.39. The third-order valence-corrected chi connectivity index (χ3v) is 7.25. The number of hydrogen-bond acceptors (Lipinski definition) is 2. The zero-order chi connectivity index (χ0) is 24.0. The molecule has 3 aromatic rings. The number of allylic oxidation sites excluding steroid dienone is 1. The molecule has 0 radical (unpaired) electrons. The number of rotatable bonds is 0. The number of hydrogen-bond donors (Lipinski definition) is 0. The first-order chi connectivity index (χ1) is 17.0. The summed E-state index contributed by atoms with van der Waals surface area (Å²) in [7, 11) is 0. The Bertz CT molecular complexity index is 1560. The lowest BCUT2D eigenvalue weighted by molar-refractivity contribution is -0.138. The van der Waals surface area contributed by atoms with Gasteiger partial charge < -0.3 is 0 Å². The van der Waals surface area contributed by atoms with E-state index in [-0.39, 0.29) is 0 Å². The highest BCUT2D eigenvalue weighted by molar-refractivity contribution is 6.32. The van der Waals surface area contributed by atoms with Crippen molar-refractivity contribution >= 4 is 46.1 Å². The summed E-state index contributed by atoms with van der Waals surface area (Å²) in [6, 6.07) is 13.7. The second-order valence-corrected chi connectivity index (χ2v) is 9.39. The van der Waals surface area contributed by atoms with Gasteiger partial charge in [-0.3, -0.25) is 9.98 Å². The average Bonchev–Trinajstić information content (AvgIpc) is 3.26. The number of dihydropyridines is 1. The molecule has 7 rings (SSSR count). The molecule has 3 aromatic carbocycles. The Hall–Kier alpha value is -3.47. The molecule has 0 aromatic heterocycles. The van der Waals surface area contributed by atoms with Crippen molar-refractivity contribution in [2.24, 2.45) is 9.98 Å². The van der Waals surface area contributed by atoms with Crippen LogP contribution in [-0.4, -0.2) is 18.5 Å². The Labute approximate surface area is 201 Å². The lowest BCUT2D eigenvalue weighted by Gasteiger charge is -2.20. The van der Waals surface area contributed by atoms with Crippen molar-refractivity contribution in [2.45, 2.75) is 44.7 Å². The number of para-hydroxylation sites is 1. The van der Waals surface area contributed by atoms with E-state index in [0.29, 0.717) is 11.6 Å². The third kappa shape index (κ3) is 3.93. The normalized spacial score (nSPS) is 17.5. The molecule has 0 bridgehead atoms. The van der Waals surface area contributed by atoms with Gasteiger partial charge in [0.2, 0.25) is 0 Å². The van der Waals surface area contributed by atoms with E-state index in [2.05, 4.69) is 22.1 Å². The molecule has 0 saturated carbocycles. The minimum absolute atomic E-state index is 0.377. The lowest BCUT2D eigenvalue weighted by Crippen LogP contribution is -2.35. The first-order valence-electron chi connectivity index (χ1n) is 12.2. The molecule has 0 fully saturated rings. The van der Waals surface area contributed by atoms with E-state index in [4.69, 9.17) is 0 Å². The SMILES string of the molecule is C1=NCC2=Nc3ccccc3C2=C1.FC(F)(F)c1cc2c3c(ccc2c2c1=CCCC=2)CCCC3. The standard InChI is InChI=1S/C19H17F3.C11H8N2/c20-19(21,22)18-11-17-13-6-2-1-5-12(13)9-10-15(17)14-7-3-4-8-16(14)18;1-2-4-10-8(3-1)9-5-6-12-7-11(9)13-10/h7-11H,1-6H2;1-6H,7H2. The molecule has 0 saturated heterocycles. The topological polar surface area (TPSA) is 24.7 Å². The highest BCUT2D eigenvalue weighted by atomic mass is 19.4. The van der Waals surface area contributed by atoms with Crippen LogP contribution in [0.5, 0.6) is 0 Å². The summed E-state index contributed by atoms with van der Waals surface area (Å²) < 4.78 is 40.5. The molecule has 0 N–H and O–H groups in total. The molecular weight excluding hydrogens is 445 g/mol. The van der Waals surface area contributed by atoms with Gasteiger partial charge in [0.05, 0.1) is 23.5 Å². The minimum Gasteiger partial charge on any atom is -0.287 e. The van der Waals surface area contributed by atoms with Crippen molar-refractivity contribution in [1.82, 2.24) is 0 Å². The number of fused-ring (bicyclic) bond motifs is 8. The summed E-state index contributed by atoms with van der Waals surface area (Å²) in [5.41, 5.74) is 6.56. The fourth-order valence-corrected chi connectivity index (χ4v) is 5.63. The van der Waals surface area contributed by atoms with Crippen LogP contribution < -0.4 is 10.4 Å². The lowest BCUT2D eigenvalue weighted by atomic mass is 9.85. The van der Waals surface area contributed by atoms with Gasteiger partial charge in [-0.15, -0.1) is 0 Å². The molecule has 2 aliphatic carbocycles. The highest BCUT2D eigenvalue weighted by Crippen LogP contribution is 2.35. The summed E-state index contributed by atoms with van der Waals surface area (Å²) in [5, 5.41) is 2.96. The summed E-state index contributed by atoms with van der Waals surface area (Å²) in [6.45, 7) is 0.723. The van der Waals surface area contributed by atoms with E-state index in [1.165, 1.54) is 22.8 Å². The molecule has 0 spiro atoms. The van der Waals surface area contributed by atoms with Crippen LogP contribution in [0, 0.1) is 0 Å². The number of nitrogens with zero attached hydrogens (tertiary/aromatic N) is 2. The van der Waals surface area contributed by atoms with Gasteiger partial charge in [-0.25, -0.2) is 0 Å². The molecule has 0 unspecified atom stereocenters. The molecule has 5 heteroatoms. The van der Waals surface area contributed by atoms with Gasteiger partial charge in [-0.05, 0) is 89.1 Å². The first kappa shape index (κ1) is 22.0. The van der Waals surface area contributed by atoms with Gasteiger partial charge in [-0.2, -0.15) is 13.2 Å². The maximum Gasteiger partial charge on any atom is 0.417 e. The summed E-state index contributed by atoms with van der Waals surface area (Å²) in [6.07, 6.45) is 8.91. The van der Waals surface area contributed by atoms with Crippen LogP contribution in [0.3, 0.4) is 0 Å². The molecular formula is C30H25F3N2. The number of benzene rings is 3. The van der Waals surface area contributed by atoms with Crippen molar-refractivity contribution < 1.29 is 13.2 Å². The molecule has 2 heterocycles. The fraction of sp³-hybridized carbons (Fsp3) is 0.267. The average molecular weight is 471 g/mol. The van der Waals surface area contributed by atoms with E-state index in [1.54, 1.807) is 6.08 Å². The Morgan fingerprint density at radius 3 is 2.49 bits per heavy atom. The predicted octanol–water partition coefficient (Wildman–Crippen LogP) is 6.33. The maximum atomic E-state index is 13.5. The van der Waals surface area contributed by atoms with Crippen LogP contribution in [0.15, 0.2) is 58.5 Å². The van der Waals surface area contributed by atoms with E-state index in [0.717, 1.165) is 71.6 Å². The van der Waals surface area contributed by atoms with Crippen molar-refractivity contribution in [2.75, 3.05) is 6.54 Å². The molecule has 176 valence electrons. The van der Waals surface area contributed by atoms with Gasteiger partial charge in [-0.1, -0.05) is 42.5 Å². The van der Waals surface area contributed by atoms with E-state index in [1.807, 2.05) is 42.6 Å². The number of aliphatic imine (C=N–C) groups is 2. The largest absolute Gasteiger partial charge is 0.417 e. The van der Waals surface area contributed by atoms with Crippen LogP contribution in [0.1, 0.15) is 47.9 Å². The Balaban J connectivity index is 0.000000149. The predicted molar refractivity (Wildman–Crippen MR) is 138 cm³/mol. The molecule has 2 aliphatic heterocycles. The zero-order valence-electron chi connectivity index (χ0n) is 19.3. The quantitative estimate of drug-likeness (QED) is 0.367. The number of aryl methyl sites for hydroxylation is 2. The van der Waals surface area contributed by atoms with E-state index >= 15 is 0 Å². The summed E-state index contributed by atoms with van der Waals surface area (Å²) in [4.78, 5) is 8.68. The molecule has 0 atom stereocenters. The van der Waals surface area contributed by atoms with Crippen LogP contribution in [0.2, 0.25) is 0 Å². The van der Waals surface area contributed by atoms with Crippen molar-refractivity contribution in [1.29, 1.82) is 0 Å². The van der Waals surface area contributed by atoms with Crippen LogP contribution >= 0.6 is 0 Å². The second kappa shape index (κ2) is 8.63. The Kier molecular flexibility index (Phi) is 5.43. The third-order valence-electron chi connectivity index (χ3n) is 7.25. The maximum absolute atomic E-state index is 13.5. The van der Waals surface area contributed by atoms with Gasteiger partial charge in [0, 0.05) is 17.4 Å². The van der Waals surface area contributed by atoms with Crippen LogP contribution in [0.4, 0.5) is 18.9 Å². The fourth-order valence-electron chi connectivity index (χ4n) is 5.63. The molecule has 2 nitrogen and oxygen atoms in total. The number of alkyl halides is 3. The zero-order valence-corrected chi connectivity index (χ0v) is 19.3. The number of halogens is 3. The smallest absolute Gasteiger partial charge is 0.287 e. The molecule has 35 heavy (non-hydrogen) atoms. The van der Waals surface area contributed by atoms with Crippen molar-refractivity contribution in [3.05, 3.63) is 81.2 Å². The minimum atomic E-state index is -4.29. The first-order valence-corrected chi connectivity index (χ1v) is 12.2. The van der Waals surface area contributed by atoms with Gasteiger partial charge in [0.1, 0.15) is 0 Å². The van der Waals surface area contributed by atoms with Crippen molar-refractivity contribution in [3.63, 3.8) is 0 Å². The Morgan fingerprint density at radius 2 is 1.63 bits per heavy atom. The Morgan fingerprint density at radius 1 is 0.829 bits per heavy atom. The van der Waals surface area contributed by atoms with Gasteiger partial charge >= 0.3 is 6.18 Å². The van der Waals surface area contributed by atoms with E-state index in [9.17, 15) is 13.2 Å². The van der Waals surface area contributed by atoms with Gasteiger partial charge in [0.15, 0.2) is 0 Å². The van der Waals surface area contributed by atoms with Crippen molar-refractivity contribution in [3.8, 4) is 0 Å². The summed E-state index contributed by atoms with van der Waals surface area (Å²) >= 11 is 0. The van der Waals surface area contributed by atoms with Crippen LogP contribution in [0.25, 0.3) is 28.5 Å². The summed E-state index contributed by atoms with van der Waals surface area (Å²) in [5.74, 6) is 0.